The molecule has 88 valence electrons. The van der Waals surface area contributed by atoms with Gasteiger partial charge in [0.25, 0.3) is 0 Å². The van der Waals surface area contributed by atoms with Crippen molar-refractivity contribution in [2.24, 2.45) is 0 Å². The lowest BCUT2D eigenvalue weighted by Gasteiger charge is -2.37. The van der Waals surface area contributed by atoms with Crippen LogP contribution in [-0.4, -0.2) is 21.8 Å². The van der Waals surface area contributed by atoms with Gasteiger partial charge in [-0.05, 0) is 40.5 Å². The van der Waals surface area contributed by atoms with Crippen molar-refractivity contribution in [3.63, 3.8) is 0 Å². The molecule has 0 bridgehead atoms. The van der Waals surface area contributed by atoms with Gasteiger partial charge in [0.1, 0.15) is 0 Å². The lowest BCUT2D eigenvalue weighted by Crippen LogP contribution is -2.44. The molecule has 0 amide bonds. The molecule has 1 saturated carbocycles. The number of rotatable bonds is 0. The summed E-state index contributed by atoms with van der Waals surface area (Å²) < 4.78 is 12.5. The topological polar surface area (TPSA) is 18.5 Å². The summed E-state index contributed by atoms with van der Waals surface area (Å²) in [4.78, 5) is 0.333. The van der Waals surface area contributed by atoms with Crippen LogP contribution >= 0.6 is 15.9 Å². The summed E-state index contributed by atoms with van der Waals surface area (Å²) in [6.45, 7) is 8.48. The molecule has 1 atom stereocenters. The number of halogens is 1. The molecule has 0 unspecified atom stereocenters. The molecule has 3 heteroatoms. The van der Waals surface area contributed by atoms with Gasteiger partial charge in [-0.25, -0.2) is 0 Å². The summed E-state index contributed by atoms with van der Waals surface area (Å²) >= 11 is 3.73. The van der Waals surface area contributed by atoms with Crippen LogP contribution in [0.4, 0.5) is 0 Å². The Morgan fingerprint density at radius 1 is 1.00 bits per heavy atom. The Balaban J connectivity index is 2.26. The van der Waals surface area contributed by atoms with Crippen LogP contribution in [-0.2, 0) is 9.47 Å². The Hall–Kier alpha value is 0.400. The number of ether oxygens (including phenoxy) is 2. The van der Waals surface area contributed by atoms with Gasteiger partial charge >= 0.3 is 0 Å². The first-order valence-electron chi connectivity index (χ1n) is 5.84. The average Bonchev–Trinajstić information content (AvgIpc) is 2.25. The molecular weight excluding hydrogens is 256 g/mol. The molecule has 0 radical (unpaired) electrons. The minimum Gasteiger partial charge on any atom is -0.340 e. The van der Waals surface area contributed by atoms with E-state index >= 15 is 0 Å². The van der Waals surface area contributed by atoms with E-state index < -0.39 is 0 Å². The summed E-state index contributed by atoms with van der Waals surface area (Å²) in [6.07, 6.45) is 4.63. The van der Waals surface area contributed by atoms with Gasteiger partial charge in [-0.3, -0.25) is 0 Å². The van der Waals surface area contributed by atoms with Crippen molar-refractivity contribution in [3.8, 4) is 0 Å². The van der Waals surface area contributed by atoms with Crippen LogP contribution < -0.4 is 0 Å². The fourth-order valence-electron chi connectivity index (χ4n) is 2.43. The average molecular weight is 277 g/mol. The van der Waals surface area contributed by atoms with Gasteiger partial charge in [-0.15, -0.1) is 0 Å². The molecule has 1 heterocycles. The highest BCUT2D eigenvalue weighted by molar-refractivity contribution is 9.09. The largest absolute Gasteiger partial charge is 0.340 e. The van der Waals surface area contributed by atoms with E-state index in [1.807, 2.05) is 0 Å². The second-order valence-corrected chi connectivity index (χ2v) is 6.86. The third-order valence-electron chi connectivity index (χ3n) is 4.02. The van der Waals surface area contributed by atoms with E-state index in [0.29, 0.717) is 4.83 Å². The van der Waals surface area contributed by atoms with Gasteiger partial charge in [0.15, 0.2) is 5.79 Å². The molecule has 0 aromatic heterocycles. The van der Waals surface area contributed by atoms with Gasteiger partial charge in [0.2, 0.25) is 0 Å². The summed E-state index contributed by atoms with van der Waals surface area (Å²) in [5.41, 5.74) is -0.424. The fourth-order valence-corrected chi connectivity index (χ4v) is 3.17. The molecule has 0 aromatic rings. The maximum atomic E-state index is 6.24. The Morgan fingerprint density at radius 3 is 2.00 bits per heavy atom. The molecule has 2 aliphatic rings. The quantitative estimate of drug-likeness (QED) is 0.629. The van der Waals surface area contributed by atoms with Crippen LogP contribution in [0.3, 0.4) is 0 Å². The molecule has 1 spiro atoms. The third kappa shape index (κ3) is 1.77. The number of alkyl halides is 1. The van der Waals surface area contributed by atoms with Gasteiger partial charge < -0.3 is 9.47 Å². The maximum Gasteiger partial charge on any atom is 0.182 e. The fraction of sp³-hybridized carbons (Fsp3) is 1.00. The lowest BCUT2D eigenvalue weighted by molar-refractivity contribution is -0.202. The van der Waals surface area contributed by atoms with E-state index in [-0.39, 0.29) is 17.0 Å². The highest BCUT2D eigenvalue weighted by Gasteiger charge is 2.59. The van der Waals surface area contributed by atoms with Crippen LogP contribution in [0.2, 0.25) is 0 Å². The molecule has 0 N–H and O–H groups in total. The maximum absolute atomic E-state index is 6.24. The van der Waals surface area contributed by atoms with Gasteiger partial charge in [-0.1, -0.05) is 22.4 Å². The highest BCUT2D eigenvalue weighted by atomic mass is 79.9. The lowest BCUT2D eigenvalue weighted by atomic mass is 9.90. The van der Waals surface area contributed by atoms with Crippen LogP contribution in [0.5, 0.6) is 0 Å². The predicted octanol–water partition coefficient (Wildman–Crippen LogP) is 3.62. The van der Waals surface area contributed by atoms with Crippen LogP contribution in [0.15, 0.2) is 0 Å². The monoisotopic (exact) mass is 276 g/mol. The molecule has 1 aliphatic carbocycles. The summed E-state index contributed by atoms with van der Waals surface area (Å²) in [6, 6.07) is 0. The standard InChI is InChI=1S/C12H21BrO2/c1-10(2)11(3,4)15-12(14-10)8-6-5-7-9(12)13/h9H,5-8H2,1-4H3/t9-/m0/s1. The van der Waals surface area contributed by atoms with Crippen LogP contribution in [0.1, 0.15) is 53.4 Å². The van der Waals surface area contributed by atoms with E-state index in [0.717, 1.165) is 12.8 Å². The first kappa shape index (κ1) is 11.9. The van der Waals surface area contributed by atoms with Crippen LogP contribution in [0, 0.1) is 0 Å². The second kappa shape index (κ2) is 3.44. The molecule has 15 heavy (non-hydrogen) atoms. The highest BCUT2D eigenvalue weighted by Crippen LogP contribution is 2.51. The molecule has 0 aromatic carbocycles. The summed E-state index contributed by atoms with van der Waals surface area (Å²) in [5, 5.41) is 0. The van der Waals surface area contributed by atoms with Crippen molar-refractivity contribution in [2.45, 2.75) is 75.2 Å². The van der Waals surface area contributed by atoms with Crippen molar-refractivity contribution >= 4 is 15.9 Å². The van der Waals surface area contributed by atoms with Crippen molar-refractivity contribution in [1.82, 2.24) is 0 Å². The normalized spacial score (nSPS) is 37.0. The summed E-state index contributed by atoms with van der Waals surface area (Å²) in [7, 11) is 0. The van der Waals surface area contributed by atoms with Crippen molar-refractivity contribution in [2.75, 3.05) is 0 Å². The number of hydrogen-bond donors (Lipinski definition) is 0. The van der Waals surface area contributed by atoms with Crippen molar-refractivity contribution in [3.05, 3.63) is 0 Å². The zero-order valence-corrected chi connectivity index (χ0v) is 11.7. The Kier molecular flexibility index (Phi) is 2.73. The van der Waals surface area contributed by atoms with E-state index in [1.54, 1.807) is 0 Å². The Labute approximate surface area is 101 Å². The zero-order valence-electron chi connectivity index (χ0n) is 10.1. The zero-order chi connectivity index (χ0) is 11.3. The third-order valence-corrected chi connectivity index (χ3v) is 5.17. The van der Waals surface area contributed by atoms with Gasteiger partial charge in [-0.2, -0.15) is 0 Å². The molecule has 2 nitrogen and oxygen atoms in total. The van der Waals surface area contributed by atoms with Crippen molar-refractivity contribution < 1.29 is 9.47 Å². The van der Waals surface area contributed by atoms with Crippen molar-refractivity contribution in [1.29, 1.82) is 0 Å². The minimum absolute atomic E-state index is 0.212. The van der Waals surface area contributed by atoms with E-state index in [1.165, 1.54) is 12.8 Å². The second-order valence-electron chi connectivity index (χ2n) is 5.75. The molecular formula is C12H21BrO2. The first-order chi connectivity index (χ1) is 6.79. The SMILES string of the molecule is CC1(C)OC2(CCCC[C@@H]2Br)OC1(C)C. The summed E-state index contributed by atoms with van der Waals surface area (Å²) in [5.74, 6) is -0.384. The van der Waals surface area contributed by atoms with E-state index in [9.17, 15) is 0 Å². The van der Waals surface area contributed by atoms with Gasteiger partial charge in [0, 0.05) is 6.42 Å². The minimum atomic E-state index is -0.384. The Morgan fingerprint density at radius 2 is 1.53 bits per heavy atom. The molecule has 1 saturated heterocycles. The first-order valence-corrected chi connectivity index (χ1v) is 6.75. The predicted molar refractivity (Wildman–Crippen MR) is 64.2 cm³/mol. The van der Waals surface area contributed by atoms with E-state index in [2.05, 4.69) is 43.6 Å². The molecule has 2 rings (SSSR count). The van der Waals surface area contributed by atoms with E-state index in [4.69, 9.17) is 9.47 Å². The molecule has 2 fully saturated rings. The number of hydrogen-bond acceptors (Lipinski definition) is 2. The van der Waals surface area contributed by atoms with Crippen LogP contribution in [0.25, 0.3) is 0 Å². The van der Waals surface area contributed by atoms with Gasteiger partial charge in [0.05, 0.1) is 16.0 Å². The smallest absolute Gasteiger partial charge is 0.182 e. The Bertz CT molecular complexity index is 244. The molecule has 1 aliphatic heterocycles.